The predicted octanol–water partition coefficient (Wildman–Crippen LogP) is 3.98. The standard InChI is InChI=1S/C15H24N2/c1-11(9-12-5-6-12)17-14-8-7-13(10-16-14)15(2,3)4/h7-8,10-12H,5-6,9H2,1-4H3,(H,16,17). The minimum Gasteiger partial charge on any atom is -0.368 e. The van der Waals surface area contributed by atoms with Crippen molar-refractivity contribution in [1.29, 1.82) is 0 Å². The van der Waals surface area contributed by atoms with E-state index in [9.17, 15) is 0 Å². The maximum atomic E-state index is 4.50. The van der Waals surface area contributed by atoms with E-state index in [1.54, 1.807) is 0 Å². The highest BCUT2D eigenvalue weighted by Gasteiger charge is 2.23. The van der Waals surface area contributed by atoms with Crippen molar-refractivity contribution < 1.29 is 0 Å². The van der Waals surface area contributed by atoms with Crippen LogP contribution in [0.25, 0.3) is 0 Å². The first-order chi connectivity index (χ1) is 7.95. The topological polar surface area (TPSA) is 24.9 Å². The van der Waals surface area contributed by atoms with Gasteiger partial charge >= 0.3 is 0 Å². The molecule has 1 aliphatic carbocycles. The Balaban J connectivity index is 1.92. The lowest BCUT2D eigenvalue weighted by atomic mass is 9.88. The minimum atomic E-state index is 0.186. The van der Waals surface area contributed by atoms with Crippen LogP contribution in [0.2, 0.25) is 0 Å². The van der Waals surface area contributed by atoms with Gasteiger partial charge in [0.2, 0.25) is 0 Å². The molecule has 1 fully saturated rings. The largest absolute Gasteiger partial charge is 0.368 e. The SMILES string of the molecule is CC(CC1CC1)Nc1ccc(C(C)(C)C)cn1. The second-order valence-electron chi connectivity index (χ2n) is 6.41. The van der Waals surface area contributed by atoms with E-state index in [1.807, 2.05) is 6.20 Å². The number of aromatic nitrogens is 1. The van der Waals surface area contributed by atoms with Crippen molar-refractivity contribution in [2.24, 2.45) is 5.92 Å². The van der Waals surface area contributed by atoms with Crippen molar-refractivity contribution >= 4 is 5.82 Å². The summed E-state index contributed by atoms with van der Waals surface area (Å²) in [6.07, 6.45) is 6.11. The number of pyridine rings is 1. The molecule has 1 aromatic heterocycles. The van der Waals surface area contributed by atoms with Crippen LogP contribution < -0.4 is 5.32 Å². The van der Waals surface area contributed by atoms with E-state index in [-0.39, 0.29) is 5.41 Å². The summed E-state index contributed by atoms with van der Waals surface area (Å²) in [5, 5.41) is 3.48. The molecule has 17 heavy (non-hydrogen) atoms. The predicted molar refractivity (Wildman–Crippen MR) is 73.4 cm³/mol. The highest BCUT2D eigenvalue weighted by molar-refractivity contribution is 5.37. The van der Waals surface area contributed by atoms with Gasteiger partial charge in [-0.05, 0) is 36.3 Å². The molecule has 0 spiro atoms. The van der Waals surface area contributed by atoms with Gasteiger partial charge in [0.15, 0.2) is 0 Å². The first-order valence-corrected chi connectivity index (χ1v) is 6.68. The molecule has 1 unspecified atom stereocenters. The molecule has 2 heteroatoms. The zero-order chi connectivity index (χ0) is 12.5. The van der Waals surface area contributed by atoms with Crippen molar-refractivity contribution in [3.63, 3.8) is 0 Å². The summed E-state index contributed by atoms with van der Waals surface area (Å²) in [7, 11) is 0. The van der Waals surface area contributed by atoms with Gasteiger partial charge < -0.3 is 5.32 Å². The Bertz CT molecular complexity index is 358. The third kappa shape index (κ3) is 3.72. The molecule has 1 saturated carbocycles. The van der Waals surface area contributed by atoms with Crippen LogP contribution in [0.15, 0.2) is 18.3 Å². The van der Waals surface area contributed by atoms with E-state index in [4.69, 9.17) is 0 Å². The molecular formula is C15H24N2. The summed E-state index contributed by atoms with van der Waals surface area (Å²) in [4.78, 5) is 4.50. The van der Waals surface area contributed by atoms with Gasteiger partial charge in [-0.1, -0.05) is 39.7 Å². The van der Waals surface area contributed by atoms with Crippen molar-refractivity contribution in [3.8, 4) is 0 Å². The maximum Gasteiger partial charge on any atom is 0.126 e. The average molecular weight is 232 g/mol. The number of hydrogen-bond donors (Lipinski definition) is 1. The Labute approximate surface area is 105 Å². The quantitative estimate of drug-likeness (QED) is 0.849. The Hall–Kier alpha value is -1.05. The molecule has 94 valence electrons. The molecule has 1 heterocycles. The van der Waals surface area contributed by atoms with Crippen molar-refractivity contribution in [3.05, 3.63) is 23.9 Å². The van der Waals surface area contributed by atoms with Crippen LogP contribution in [-0.2, 0) is 5.41 Å². The molecule has 1 aromatic rings. The van der Waals surface area contributed by atoms with Crippen LogP contribution in [0.3, 0.4) is 0 Å². The van der Waals surface area contributed by atoms with E-state index in [0.717, 1.165) is 11.7 Å². The van der Waals surface area contributed by atoms with Gasteiger partial charge in [0.25, 0.3) is 0 Å². The first kappa shape index (κ1) is 12.4. The summed E-state index contributed by atoms with van der Waals surface area (Å²) in [5.74, 6) is 1.97. The smallest absolute Gasteiger partial charge is 0.126 e. The molecule has 2 nitrogen and oxygen atoms in total. The van der Waals surface area contributed by atoms with Crippen LogP contribution in [0.4, 0.5) is 5.82 Å². The van der Waals surface area contributed by atoms with Crippen LogP contribution in [0.1, 0.15) is 52.5 Å². The molecule has 0 aromatic carbocycles. The summed E-state index contributed by atoms with van der Waals surface area (Å²) < 4.78 is 0. The second-order valence-corrected chi connectivity index (χ2v) is 6.41. The lowest BCUT2D eigenvalue weighted by Crippen LogP contribution is -2.17. The molecule has 1 atom stereocenters. The molecule has 1 N–H and O–H groups in total. The number of nitrogens with zero attached hydrogens (tertiary/aromatic N) is 1. The van der Waals surface area contributed by atoms with E-state index in [2.05, 4.69) is 50.1 Å². The van der Waals surface area contributed by atoms with Crippen molar-refractivity contribution in [2.75, 3.05) is 5.32 Å². The maximum absolute atomic E-state index is 4.50. The van der Waals surface area contributed by atoms with E-state index in [0.29, 0.717) is 6.04 Å². The Morgan fingerprint density at radius 2 is 2.06 bits per heavy atom. The molecular weight excluding hydrogens is 208 g/mol. The summed E-state index contributed by atoms with van der Waals surface area (Å²) in [6.45, 7) is 8.89. The second kappa shape index (κ2) is 4.67. The number of anilines is 1. The van der Waals surface area contributed by atoms with Gasteiger partial charge in [0.05, 0.1) is 0 Å². The van der Waals surface area contributed by atoms with Gasteiger partial charge in [-0.25, -0.2) is 4.98 Å². The number of rotatable bonds is 4. The molecule has 0 amide bonds. The normalized spacial score (nSPS) is 17.9. The Morgan fingerprint density at radius 1 is 1.35 bits per heavy atom. The minimum absolute atomic E-state index is 0.186. The third-order valence-corrected chi connectivity index (χ3v) is 3.41. The molecule has 0 radical (unpaired) electrons. The van der Waals surface area contributed by atoms with Gasteiger partial charge in [0.1, 0.15) is 5.82 Å². The molecule has 1 aliphatic rings. The van der Waals surface area contributed by atoms with Crippen molar-refractivity contribution in [2.45, 2.75) is 58.4 Å². The Morgan fingerprint density at radius 3 is 2.53 bits per heavy atom. The summed E-state index contributed by atoms with van der Waals surface area (Å²) in [6, 6.07) is 4.82. The van der Waals surface area contributed by atoms with Crippen LogP contribution in [-0.4, -0.2) is 11.0 Å². The number of hydrogen-bond acceptors (Lipinski definition) is 2. The van der Waals surface area contributed by atoms with Gasteiger partial charge in [-0.15, -0.1) is 0 Å². The van der Waals surface area contributed by atoms with Crippen molar-refractivity contribution in [1.82, 2.24) is 4.98 Å². The van der Waals surface area contributed by atoms with Gasteiger partial charge in [-0.2, -0.15) is 0 Å². The number of nitrogens with one attached hydrogen (secondary N) is 1. The fraction of sp³-hybridized carbons (Fsp3) is 0.667. The third-order valence-electron chi connectivity index (χ3n) is 3.41. The molecule has 0 saturated heterocycles. The zero-order valence-corrected chi connectivity index (χ0v) is 11.5. The average Bonchev–Trinajstić information content (AvgIpc) is 3.01. The highest BCUT2D eigenvalue weighted by atomic mass is 15.0. The lowest BCUT2D eigenvalue weighted by molar-refractivity contribution is 0.587. The van der Waals surface area contributed by atoms with E-state index >= 15 is 0 Å². The monoisotopic (exact) mass is 232 g/mol. The summed E-state index contributed by atoms with van der Waals surface area (Å²) in [5.41, 5.74) is 1.48. The molecule has 0 bridgehead atoms. The zero-order valence-electron chi connectivity index (χ0n) is 11.5. The molecule has 0 aliphatic heterocycles. The highest BCUT2D eigenvalue weighted by Crippen LogP contribution is 2.34. The van der Waals surface area contributed by atoms with Crippen LogP contribution in [0, 0.1) is 5.92 Å². The lowest BCUT2D eigenvalue weighted by Gasteiger charge is -2.19. The fourth-order valence-corrected chi connectivity index (χ4v) is 2.09. The van der Waals surface area contributed by atoms with E-state index in [1.165, 1.54) is 24.8 Å². The van der Waals surface area contributed by atoms with Gasteiger partial charge in [0, 0.05) is 12.2 Å². The van der Waals surface area contributed by atoms with Crippen LogP contribution >= 0.6 is 0 Å². The fourth-order valence-electron chi connectivity index (χ4n) is 2.09. The molecule has 2 rings (SSSR count). The van der Waals surface area contributed by atoms with Crippen LogP contribution in [0.5, 0.6) is 0 Å². The first-order valence-electron chi connectivity index (χ1n) is 6.68. The summed E-state index contributed by atoms with van der Waals surface area (Å²) >= 11 is 0. The van der Waals surface area contributed by atoms with E-state index < -0.39 is 0 Å². The van der Waals surface area contributed by atoms with Gasteiger partial charge in [-0.3, -0.25) is 0 Å². The Kier molecular flexibility index (Phi) is 3.41.